The second kappa shape index (κ2) is 5.40. The summed E-state index contributed by atoms with van der Waals surface area (Å²) < 4.78 is 0. The molecule has 0 saturated heterocycles. The van der Waals surface area contributed by atoms with Crippen molar-refractivity contribution < 1.29 is 0 Å². The number of nitrogens with zero attached hydrogens (tertiary/aromatic N) is 2. The first-order valence-electron chi connectivity index (χ1n) is 7.96. The Balaban J connectivity index is 1.67. The van der Waals surface area contributed by atoms with E-state index in [-0.39, 0.29) is 0 Å². The topological polar surface area (TPSA) is 37.8 Å². The zero-order chi connectivity index (χ0) is 14.4. The molecule has 2 unspecified atom stereocenters. The van der Waals surface area contributed by atoms with Gasteiger partial charge in [-0.2, -0.15) is 0 Å². The highest BCUT2D eigenvalue weighted by Gasteiger charge is 2.24. The molecule has 3 nitrogen and oxygen atoms in total. The van der Waals surface area contributed by atoms with Gasteiger partial charge in [-0.1, -0.05) is 31.4 Å². The van der Waals surface area contributed by atoms with Gasteiger partial charge in [-0.3, -0.25) is 0 Å². The van der Waals surface area contributed by atoms with Gasteiger partial charge in [0.1, 0.15) is 9.98 Å². The van der Waals surface area contributed by atoms with Crippen molar-refractivity contribution >= 4 is 39.1 Å². The fraction of sp³-hybridized carbons (Fsp3) is 0.625. The Kier molecular flexibility index (Phi) is 3.54. The molecule has 2 aromatic heterocycles. The molecule has 1 fully saturated rings. The van der Waals surface area contributed by atoms with E-state index in [1.807, 2.05) is 0 Å². The van der Waals surface area contributed by atoms with Crippen LogP contribution in [0.4, 0.5) is 5.95 Å². The van der Waals surface area contributed by atoms with Crippen LogP contribution in [0.2, 0.25) is 5.15 Å². The second-order valence-corrected chi connectivity index (χ2v) is 7.83. The summed E-state index contributed by atoms with van der Waals surface area (Å²) in [4.78, 5) is 11.8. The number of thiophene rings is 1. The summed E-state index contributed by atoms with van der Waals surface area (Å²) in [6, 6.07) is 0.485. The van der Waals surface area contributed by atoms with Crippen LogP contribution >= 0.6 is 22.9 Å². The van der Waals surface area contributed by atoms with Gasteiger partial charge in [0, 0.05) is 10.9 Å². The van der Waals surface area contributed by atoms with Gasteiger partial charge in [-0.15, -0.1) is 11.3 Å². The van der Waals surface area contributed by atoms with E-state index in [1.54, 1.807) is 11.3 Å². The number of nitrogens with one attached hydrogen (secondary N) is 1. The van der Waals surface area contributed by atoms with Gasteiger partial charge in [0.15, 0.2) is 0 Å². The van der Waals surface area contributed by atoms with Crippen LogP contribution in [0, 0.1) is 5.92 Å². The lowest BCUT2D eigenvalue weighted by atomic mass is 9.86. The highest BCUT2D eigenvalue weighted by Crippen LogP contribution is 2.40. The largest absolute Gasteiger partial charge is 0.351 e. The number of aromatic nitrogens is 2. The quantitative estimate of drug-likeness (QED) is 0.805. The molecule has 0 spiro atoms. The molecule has 0 amide bonds. The number of hydrogen-bond donors (Lipinski definition) is 1. The summed E-state index contributed by atoms with van der Waals surface area (Å²) in [5.41, 5.74) is 1.40. The van der Waals surface area contributed by atoms with Crippen LogP contribution in [-0.2, 0) is 12.8 Å². The predicted molar refractivity (Wildman–Crippen MR) is 89.5 cm³/mol. The average molecular weight is 322 g/mol. The molecule has 1 N–H and O–H groups in total. The third-order valence-corrected chi connectivity index (χ3v) is 6.41. The number of hydrogen-bond acceptors (Lipinski definition) is 4. The molecular formula is C16H20ClN3S. The van der Waals surface area contributed by atoms with Gasteiger partial charge in [-0.25, -0.2) is 9.97 Å². The van der Waals surface area contributed by atoms with Gasteiger partial charge in [-0.05, 0) is 43.6 Å². The van der Waals surface area contributed by atoms with Crippen LogP contribution in [0.15, 0.2) is 0 Å². The molecule has 0 aromatic carbocycles. The number of aryl methyl sites for hydroxylation is 2. The maximum absolute atomic E-state index is 6.46. The molecule has 0 bridgehead atoms. The van der Waals surface area contributed by atoms with E-state index < -0.39 is 0 Å². The summed E-state index contributed by atoms with van der Waals surface area (Å²) >= 11 is 8.26. The van der Waals surface area contributed by atoms with Crippen molar-refractivity contribution in [2.24, 2.45) is 5.92 Å². The molecule has 4 rings (SSSR count). The molecule has 2 aromatic rings. The third kappa shape index (κ3) is 2.42. The SMILES string of the molecule is CC1CCCCC1Nc1nc(Cl)c2c3c(sc2n1)CCC3. The van der Waals surface area contributed by atoms with Gasteiger partial charge in [0.05, 0.1) is 5.39 Å². The number of fused-ring (bicyclic) bond motifs is 3. The van der Waals surface area contributed by atoms with Crippen LogP contribution in [0.1, 0.15) is 49.5 Å². The predicted octanol–water partition coefficient (Wildman–Crippen LogP) is 4.82. The molecule has 2 heterocycles. The van der Waals surface area contributed by atoms with E-state index in [9.17, 15) is 0 Å². The molecule has 5 heteroatoms. The van der Waals surface area contributed by atoms with E-state index in [2.05, 4.69) is 17.2 Å². The first-order valence-corrected chi connectivity index (χ1v) is 9.16. The number of rotatable bonds is 2. The minimum atomic E-state index is 0.485. The zero-order valence-corrected chi connectivity index (χ0v) is 13.9. The lowest BCUT2D eigenvalue weighted by molar-refractivity contribution is 0.348. The van der Waals surface area contributed by atoms with E-state index in [1.165, 1.54) is 49.0 Å². The number of halogens is 1. The molecule has 2 atom stereocenters. The maximum atomic E-state index is 6.46. The van der Waals surface area contributed by atoms with E-state index >= 15 is 0 Å². The Bertz CT molecular complexity index is 682. The Morgan fingerprint density at radius 2 is 2.00 bits per heavy atom. The fourth-order valence-corrected chi connectivity index (χ4v) is 5.31. The van der Waals surface area contributed by atoms with E-state index in [4.69, 9.17) is 16.6 Å². The standard InChI is InChI=1S/C16H20ClN3S/c1-9-5-2-3-7-11(9)18-16-19-14(17)13-10-6-4-8-12(10)21-15(13)20-16/h9,11H,2-8H2,1H3,(H,18,19,20). The lowest BCUT2D eigenvalue weighted by Gasteiger charge is -2.29. The molecule has 1 saturated carbocycles. The molecule has 2 aliphatic rings. The molecule has 0 radical (unpaired) electrons. The molecule has 2 aliphatic carbocycles. The van der Waals surface area contributed by atoms with Crippen molar-refractivity contribution in [3.63, 3.8) is 0 Å². The van der Waals surface area contributed by atoms with Crippen molar-refractivity contribution in [1.29, 1.82) is 0 Å². The van der Waals surface area contributed by atoms with E-state index in [0.717, 1.165) is 16.6 Å². The first-order chi connectivity index (χ1) is 10.2. The molecule has 0 aliphatic heterocycles. The minimum absolute atomic E-state index is 0.485. The van der Waals surface area contributed by atoms with Crippen molar-refractivity contribution in [2.45, 2.75) is 57.9 Å². The highest BCUT2D eigenvalue weighted by molar-refractivity contribution is 7.19. The Morgan fingerprint density at radius 3 is 2.86 bits per heavy atom. The van der Waals surface area contributed by atoms with Crippen LogP contribution in [0.5, 0.6) is 0 Å². The maximum Gasteiger partial charge on any atom is 0.225 e. The summed E-state index contributed by atoms with van der Waals surface area (Å²) in [6.07, 6.45) is 8.69. The summed E-state index contributed by atoms with van der Waals surface area (Å²) in [5.74, 6) is 1.40. The van der Waals surface area contributed by atoms with Crippen molar-refractivity contribution in [2.75, 3.05) is 5.32 Å². The molecule has 21 heavy (non-hydrogen) atoms. The first kappa shape index (κ1) is 13.8. The monoisotopic (exact) mass is 321 g/mol. The minimum Gasteiger partial charge on any atom is -0.351 e. The Morgan fingerprint density at radius 1 is 1.14 bits per heavy atom. The van der Waals surface area contributed by atoms with Crippen LogP contribution in [0.3, 0.4) is 0 Å². The second-order valence-electron chi connectivity index (χ2n) is 6.39. The Hall–Kier alpha value is -0.870. The van der Waals surface area contributed by atoms with Crippen molar-refractivity contribution in [3.8, 4) is 0 Å². The van der Waals surface area contributed by atoms with Gasteiger partial charge < -0.3 is 5.32 Å². The van der Waals surface area contributed by atoms with Crippen LogP contribution in [0.25, 0.3) is 10.2 Å². The van der Waals surface area contributed by atoms with Crippen LogP contribution < -0.4 is 5.32 Å². The van der Waals surface area contributed by atoms with Gasteiger partial charge in [0.25, 0.3) is 0 Å². The smallest absolute Gasteiger partial charge is 0.225 e. The fourth-order valence-electron chi connectivity index (χ4n) is 3.71. The summed E-state index contributed by atoms with van der Waals surface area (Å²) in [5, 5.41) is 5.27. The third-order valence-electron chi connectivity index (χ3n) is 4.95. The number of anilines is 1. The average Bonchev–Trinajstić information content (AvgIpc) is 3.01. The van der Waals surface area contributed by atoms with Gasteiger partial charge >= 0.3 is 0 Å². The molecular weight excluding hydrogens is 302 g/mol. The Labute approximate surface area is 134 Å². The van der Waals surface area contributed by atoms with Gasteiger partial charge in [0.2, 0.25) is 5.95 Å². The lowest BCUT2D eigenvalue weighted by Crippen LogP contribution is -2.31. The zero-order valence-electron chi connectivity index (χ0n) is 12.3. The highest BCUT2D eigenvalue weighted by atomic mass is 35.5. The van der Waals surface area contributed by atoms with Crippen molar-refractivity contribution in [3.05, 3.63) is 15.6 Å². The summed E-state index contributed by atoms with van der Waals surface area (Å²) in [7, 11) is 0. The van der Waals surface area contributed by atoms with Crippen molar-refractivity contribution in [1.82, 2.24) is 9.97 Å². The van der Waals surface area contributed by atoms with Crippen LogP contribution in [-0.4, -0.2) is 16.0 Å². The normalized spacial score (nSPS) is 25.2. The van der Waals surface area contributed by atoms with E-state index in [0.29, 0.717) is 23.1 Å². The molecule has 112 valence electrons. The summed E-state index contributed by atoms with van der Waals surface area (Å²) in [6.45, 7) is 2.32.